The van der Waals surface area contributed by atoms with Gasteiger partial charge >= 0.3 is 5.97 Å². The number of rotatable bonds is 15. The van der Waals surface area contributed by atoms with Crippen LogP contribution in [0, 0.1) is 12.8 Å². The normalized spacial score (nSPS) is 15.0. The molecule has 0 spiro atoms. The first kappa shape index (κ1) is 31.7. The largest absolute Gasteiger partial charge is 0.469 e. The average molecular weight is 584 g/mol. The quantitative estimate of drug-likeness (QED) is 0.120. The molecule has 0 unspecified atom stereocenters. The third-order valence-electron chi connectivity index (χ3n) is 6.42. The summed E-state index contributed by atoms with van der Waals surface area (Å²) in [6, 6.07) is 15.2. The molecule has 0 bridgehead atoms. The number of nitrogens with zero attached hydrogens (tertiary/aromatic N) is 4. The zero-order chi connectivity index (χ0) is 29.8. The van der Waals surface area contributed by atoms with Crippen molar-refractivity contribution >= 4 is 22.2 Å². The molecule has 12 heteroatoms. The molecule has 3 aromatic rings. The Labute approximate surface area is 240 Å². The molecule has 220 valence electrons. The summed E-state index contributed by atoms with van der Waals surface area (Å²) in [7, 11) is -2.58. The molecular formula is C29H37N5O6S. The summed E-state index contributed by atoms with van der Waals surface area (Å²) in [6.45, 7) is 5.29. The van der Waals surface area contributed by atoms with E-state index >= 15 is 0 Å². The molecule has 0 saturated heterocycles. The fourth-order valence-corrected chi connectivity index (χ4v) is 5.11. The minimum Gasteiger partial charge on any atom is -0.469 e. The summed E-state index contributed by atoms with van der Waals surface area (Å²) in [4.78, 5) is 17.2. The number of carbonyl (C=O) groups is 1. The number of nitrogens with one attached hydrogen (secondary N) is 1. The SMILES string of the molecule is COC(=O)C/C=C/[C@@H](C)[C@@H](C=NO[C@@H](C)c1cn([C@H](CO)Cc2ccccc2)nn1)NS(=O)(=O)c1ccc(C)cc1. The van der Waals surface area contributed by atoms with Gasteiger partial charge in [0.05, 0.1) is 49.5 Å². The van der Waals surface area contributed by atoms with Crippen molar-refractivity contribution in [1.82, 2.24) is 19.7 Å². The maximum absolute atomic E-state index is 13.1. The van der Waals surface area contributed by atoms with Crippen molar-refractivity contribution < 1.29 is 27.9 Å². The lowest BCUT2D eigenvalue weighted by molar-refractivity contribution is -0.139. The Hall–Kier alpha value is -3.87. The average Bonchev–Trinajstić information content (AvgIpc) is 3.46. The van der Waals surface area contributed by atoms with E-state index in [2.05, 4.69) is 24.9 Å². The second-order valence-corrected chi connectivity index (χ2v) is 11.4. The van der Waals surface area contributed by atoms with E-state index in [1.807, 2.05) is 37.3 Å². The number of hydrogen-bond acceptors (Lipinski definition) is 9. The van der Waals surface area contributed by atoms with Crippen molar-refractivity contribution in [2.24, 2.45) is 11.1 Å². The number of esters is 1. The monoisotopic (exact) mass is 583 g/mol. The second-order valence-electron chi connectivity index (χ2n) is 9.68. The molecule has 2 aromatic carbocycles. The van der Waals surface area contributed by atoms with E-state index in [1.54, 1.807) is 49.0 Å². The number of oxime groups is 1. The first-order valence-corrected chi connectivity index (χ1v) is 14.7. The maximum Gasteiger partial charge on any atom is 0.309 e. The molecule has 0 saturated carbocycles. The van der Waals surface area contributed by atoms with Crippen molar-refractivity contribution in [3.63, 3.8) is 0 Å². The van der Waals surface area contributed by atoms with Gasteiger partial charge in [-0.05, 0) is 43.9 Å². The van der Waals surface area contributed by atoms with Gasteiger partial charge in [-0.25, -0.2) is 17.8 Å². The molecular weight excluding hydrogens is 546 g/mol. The number of aliphatic hydroxyl groups is 1. The van der Waals surface area contributed by atoms with Gasteiger partial charge in [0.2, 0.25) is 10.0 Å². The number of hydrogen-bond donors (Lipinski definition) is 2. The predicted molar refractivity (Wildman–Crippen MR) is 155 cm³/mol. The van der Waals surface area contributed by atoms with E-state index in [9.17, 15) is 18.3 Å². The third-order valence-corrected chi connectivity index (χ3v) is 7.90. The van der Waals surface area contributed by atoms with Crippen LogP contribution < -0.4 is 4.72 Å². The van der Waals surface area contributed by atoms with Crippen LogP contribution in [0.3, 0.4) is 0 Å². The number of aromatic nitrogens is 3. The van der Waals surface area contributed by atoms with Crippen LogP contribution in [-0.2, 0) is 30.8 Å². The van der Waals surface area contributed by atoms with Gasteiger partial charge in [0.25, 0.3) is 0 Å². The van der Waals surface area contributed by atoms with Crippen LogP contribution in [0.5, 0.6) is 0 Å². The smallest absolute Gasteiger partial charge is 0.309 e. The van der Waals surface area contributed by atoms with Crippen molar-refractivity contribution in [3.8, 4) is 0 Å². The van der Waals surface area contributed by atoms with Crippen LogP contribution in [0.25, 0.3) is 0 Å². The lowest BCUT2D eigenvalue weighted by Crippen LogP contribution is -2.40. The van der Waals surface area contributed by atoms with Gasteiger partial charge in [-0.1, -0.05) is 77.5 Å². The molecule has 41 heavy (non-hydrogen) atoms. The van der Waals surface area contributed by atoms with E-state index < -0.39 is 28.1 Å². The van der Waals surface area contributed by atoms with Crippen molar-refractivity contribution in [3.05, 3.63) is 89.8 Å². The van der Waals surface area contributed by atoms with Crippen LogP contribution in [0.15, 0.2) is 83.0 Å². The molecule has 11 nitrogen and oxygen atoms in total. The highest BCUT2D eigenvalue weighted by atomic mass is 32.2. The topological polar surface area (TPSA) is 145 Å². The molecule has 0 aliphatic heterocycles. The van der Waals surface area contributed by atoms with Crippen molar-refractivity contribution in [2.45, 2.75) is 56.7 Å². The Bertz CT molecular complexity index is 1410. The standard InChI is InChI=1S/C29H37N5O6S/c1-21-13-15-26(16-14-21)41(37,38)32-27(22(2)9-8-12-29(36)39-4)18-30-40-23(3)28-19-34(33-31-28)25(20-35)17-24-10-6-5-7-11-24/h5-11,13-16,18-19,22-23,25,27,32,35H,12,17,20H2,1-4H3/b9-8+,30-18?/t22-,23+,25+,27-/m1/s1. The molecule has 0 fully saturated rings. The zero-order valence-corrected chi connectivity index (χ0v) is 24.4. The Balaban J connectivity index is 1.71. The molecule has 1 heterocycles. The first-order valence-electron chi connectivity index (χ1n) is 13.2. The van der Waals surface area contributed by atoms with Gasteiger partial charge in [-0.15, -0.1) is 5.10 Å². The lowest BCUT2D eigenvalue weighted by Gasteiger charge is -2.19. The molecule has 0 aliphatic rings. The Morgan fingerprint density at radius 3 is 2.51 bits per heavy atom. The summed E-state index contributed by atoms with van der Waals surface area (Å²) in [5, 5.41) is 22.3. The number of benzene rings is 2. The molecule has 1 aromatic heterocycles. The molecule has 4 atom stereocenters. The highest BCUT2D eigenvalue weighted by Crippen LogP contribution is 2.19. The third kappa shape index (κ3) is 9.62. The van der Waals surface area contributed by atoms with E-state index in [-0.39, 0.29) is 29.9 Å². The van der Waals surface area contributed by atoms with Crippen LogP contribution in [0.2, 0.25) is 0 Å². The number of aryl methyl sites for hydroxylation is 1. The van der Waals surface area contributed by atoms with Crippen LogP contribution >= 0.6 is 0 Å². The Kier molecular flexibility index (Phi) is 11.7. The van der Waals surface area contributed by atoms with Crippen LogP contribution in [0.4, 0.5) is 0 Å². The van der Waals surface area contributed by atoms with E-state index in [4.69, 9.17) is 4.84 Å². The molecule has 0 radical (unpaired) electrons. The molecule has 3 rings (SSSR count). The second kappa shape index (κ2) is 15.2. The van der Waals surface area contributed by atoms with Crippen LogP contribution in [-0.4, -0.2) is 60.5 Å². The summed E-state index contributed by atoms with van der Waals surface area (Å²) >= 11 is 0. The molecule has 2 N–H and O–H groups in total. The molecule has 0 amide bonds. The van der Waals surface area contributed by atoms with Gasteiger partial charge < -0.3 is 14.7 Å². The fraction of sp³-hybridized carbons (Fsp3) is 0.379. The van der Waals surface area contributed by atoms with Gasteiger partial charge in [-0.2, -0.15) is 0 Å². The number of ether oxygens (including phenoxy) is 1. The summed E-state index contributed by atoms with van der Waals surface area (Å²) in [6.07, 6.45) is 6.42. The van der Waals surface area contributed by atoms with Crippen LogP contribution in [0.1, 0.15) is 49.2 Å². The summed E-state index contributed by atoms with van der Waals surface area (Å²) < 4.78 is 35.1. The highest BCUT2D eigenvalue weighted by molar-refractivity contribution is 7.89. The first-order chi connectivity index (χ1) is 19.6. The lowest BCUT2D eigenvalue weighted by atomic mass is 10.0. The highest BCUT2D eigenvalue weighted by Gasteiger charge is 2.23. The maximum atomic E-state index is 13.1. The minimum absolute atomic E-state index is 0.0533. The number of aliphatic hydroxyl groups excluding tert-OH is 1. The Morgan fingerprint density at radius 1 is 1.15 bits per heavy atom. The van der Waals surface area contributed by atoms with Crippen molar-refractivity contribution in [2.75, 3.05) is 13.7 Å². The van der Waals surface area contributed by atoms with Gasteiger partial charge in [0.15, 0.2) is 6.10 Å². The number of methoxy groups -OCH3 is 1. The summed E-state index contributed by atoms with van der Waals surface area (Å²) in [5.41, 5.74) is 2.49. The van der Waals surface area contributed by atoms with Gasteiger partial charge in [-0.3, -0.25) is 4.79 Å². The van der Waals surface area contributed by atoms with E-state index in [0.29, 0.717) is 12.1 Å². The van der Waals surface area contributed by atoms with E-state index in [1.165, 1.54) is 25.5 Å². The predicted octanol–water partition coefficient (Wildman–Crippen LogP) is 3.53. The summed E-state index contributed by atoms with van der Waals surface area (Å²) in [5.74, 6) is -0.789. The fourth-order valence-electron chi connectivity index (χ4n) is 3.85. The van der Waals surface area contributed by atoms with Gasteiger partial charge in [0, 0.05) is 0 Å². The molecule has 0 aliphatic carbocycles. The zero-order valence-electron chi connectivity index (χ0n) is 23.6. The van der Waals surface area contributed by atoms with E-state index in [0.717, 1.165) is 11.1 Å². The Morgan fingerprint density at radius 2 is 1.85 bits per heavy atom. The minimum atomic E-state index is -3.88. The number of sulfonamides is 1. The number of carbonyl (C=O) groups excluding carboxylic acids is 1. The van der Waals surface area contributed by atoms with Gasteiger partial charge in [0.1, 0.15) is 5.69 Å². The van der Waals surface area contributed by atoms with Crippen molar-refractivity contribution in [1.29, 1.82) is 0 Å².